The largest absolute Gasteiger partial charge is 0.104 e. The van der Waals surface area contributed by atoms with Gasteiger partial charge in [0.05, 0.1) is 5.41 Å². The number of benzene rings is 6. The third kappa shape index (κ3) is 7.29. The van der Waals surface area contributed by atoms with Crippen LogP contribution in [0.4, 0.5) is 0 Å². The van der Waals surface area contributed by atoms with Crippen molar-refractivity contribution in [3.05, 3.63) is 297 Å². The molecule has 6 aromatic rings. The lowest BCUT2D eigenvalue weighted by molar-refractivity contribution is 0.708. The lowest BCUT2D eigenvalue weighted by Crippen LogP contribution is -2.28. The van der Waals surface area contributed by atoms with Crippen LogP contribution in [0.1, 0.15) is 80.8 Å². The highest BCUT2D eigenvalue weighted by Crippen LogP contribution is 2.64. The Morgan fingerprint density at radius 3 is 1.86 bits per heavy atom. The minimum absolute atomic E-state index is 0.111. The van der Waals surface area contributed by atoms with Crippen LogP contribution in [0.25, 0.3) is 39.0 Å². The van der Waals surface area contributed by atoms with E-state index in [1.807, 2.05) is 12.2 Å². The van der Waals surface area contributed by atoms with E-state index in [0.29, 0.717) is 0 Å². The van der Waals surface area contributed by atoms with Crippen LogP contribution in [0.15, 0.2) is 263 Å². The first kappa shape index (κ1) is 42.5. The molecule has 0 nitrogen and oxygen atoms in total. The second kappa shape index (κ2) is 17.8. The van der Waals surface area contributed by atoms with Gasteiger partial charge in [-0.3, -0.25) is 0 Å². The summed E-state index contributed by atoms with van der Waals surface area (Å²) in [5, 5.41) is 0. The fourth-order valence-electron chi connectivity index (χ4n) is 11.0. The van der Waals surface area contributed by atoms with Gasteiger partial charge in [0.2, 0.25) is 0 Å². The lowest BCUT2D eigenvalue weighted by Gasteiger charge is -2.34. The van der Waals surface area contributed by atoms with Crippen molar-refractivity contribution in [1.82, 2.24) is 0 Å². The molecule has 6 aromatic carbocycles. The van der Waals surface area contributed by atoms with Crippen LogP contribution in [-0.4, -0.2) is 0 Å². The topological polar surface area (TPSA) is 0 Å². The van der Waals surface area contributed by atoms with Gasteiger partial charge >= 0.3 is 0 Å². The highest BCUT2D eigenvalue weighted by Gasteiger charge is 2.52. The van der Waals surface area contributed by atoms with E-state index in [4.69, 9.17) is 0 Å². The van der Waals surface area contributed by atoms with Crippen molar-refractivity contribution in [2.75, 3.05) is 0 Å². The van der Waals surface area contributed by atoms with Crippen molar-refractivity contribution in [3.63, 3.8) is 0 Å². The summed E-state index contributed by atoms with van der Waals surface area (Å²) in [5.74, 6) is 0.111. The molecule has 0 heteroatoms. The van der Waals surface area contributed by atoms with Crippen molar-refractivity contribution in [2.24, 2.45) is 5.92 Å². The average molecular weight is 849 g/mol. The van der Waals surface area contributed by atoms with E-state index in [0.717, 1.165) is 18.4 Å². The zero-order valence-corrected chi connectivity index (χ0v) is 38.8. The van der Waals surface area contributed by atoms with Crippen LogP contribution in [-0.2, 0) is 5.41 Å². The van der Waals surface area contributed by atoms with Gasteiger partial charge in [0, 0.05) is 17.1 Å². The second-order valence-corrected chi connectivity index (χ2v) is 18.3. The summed E-state index contributed by atoms with van der Waals surface area (Å²) < 4.78 is 0. The maximum atomic E-state index is 4.05. The Balaban J connectivity index is 1.11. The standard InChI is InChI=1S/C66H56/c1-7-8-9-12-28-52-40-54(46(5)45(4)47(6)59(43-58(44(2)3)49-26-15-11-16-27-49)51-30-23-29-50(39-51)48-24-13-10-14-25-48)42-60(52)53-37-38-65-61(41-53)57-33-19-22-36-64(57)66(65)62-34-20-17-31-55(62)56-32-18-21-35-63(56)66/h7-36,39-41,43,47H,1,37-38H2,2-6H3/b9-8-,28-12?,46-45+,59-43+. The number of allylic oxidation sites excluding steroid dienone is 18. The monoisotopic (exact) mass is 848 g/mol. The quantitative estimate of drug-likeness (QED) is 0.0900. The van der Waals surface area contributed by atoms with Gasteiger partial charge in [-0.15, -0.1) is 5.73 Å². The fourth-order valence-corrected chi connectivity index (χ4v) is 11.0. The predicted molar refractivity (Wildman–Crippen MR) is 282 cm³/mol. The third-order valence-corrected chi connectivity index (χ3v) is 14.5. The van der Waals surface area contributed by atoms with E-state index in [2.05, 4.69) is 241 Å². The van der Waals surface area contributed by atoms with Gasteiger partial charge in [-0.1, -0.05) is 213 Å². The minimum atomic E-state index is -0.287. The van der Waals surface area contributed by atoms with Crippen molar-refractivity contribution in [1.29, 1.82) is 0 Å². The molecule has 0 aromatic heterocycles. The summed E-state index contributed by atoms with van der Waals surface area (Å²) in [6.45, 7) is 15.4. The predicted octanol–water partition coefficient (Wildman–Crippen LogP) is 17.4. The molecular formula is C66H56. The van der Waals surface area contributed by atoms with Crippen LogP contribution in [0.2, 0.25) is 0 Å². The van der Waals surface area contributed by atoms with E-state index in [9.17, 15) is 0 Å². The molecule has 0 radical (unpaired) electrons. The summed E-state index contributed by atoms with van der Waals surface area (Å²) >= 11 is 0. The van der Waals surface area contributed by atoms with E-state index < -0.39 is 0 Å². The first-order chi connectivity index (χ1) is 32.3. The molecule has 0 amide bonds. The summed E-state index contributed by atoms with van der Waals surface area (Å²) in [6, 6.07) is 58.0. The Bertz CT molecular complexity index is 3210. The molecule has 4 aliphatic rings. The molecule has 1 atom stereocenters. The third-order valence-electron chi connectivity index (χ3n) is 14.5. The van der Waals surface area contributed by atoms with Gasteiger partial charge in [0.25, 0.3) is 0 Å². The van der Waals surface area contributed by atoms with Crippen molar-refractivity contribution >= 4 is 16.7 Å². The van der Waals surface area contributed by atoms with Gasteiger partial charge in [0.1, 0.15) is 0 Å². The SMILES string of the molecule is C=C/C=C\C=CC1=CC(/C(C)=C(\C)C(C)/C(=C\C(=C(C)C)c2ccccc2)c2cccc(-c3ccccc3)c2)=C=C1C1=CC2=C(CC1)C1(c3ccccc32)c2ccccc2-c2ccccc21. The zero-order valence-electron chi connectivity index (χ0n) is 38.8. The Morgan fingerprint density at radius 2 is 1.20 bits per heavy atom. The smallest absolute Gasteiger partial charge is 0.0688 e. The first-order valence-corrected chi connectivity index (χ1v) is 23.5. The average Bonchev–Trinajstić information content (AvgIpc) is 4.02. The lowest BCUT2D eigenvalue weighted by atomic mass is 9.67. The van der Waals surface area contributed by atoms with E-state index in [1.54, 1.807) is 0 Å². The Labute approximate surface area is 392 Å². The molecule has 0 heterocycles. The molecule has 0 saturated carbocycles. The van der Waals surface area contributed by atoms with Crippen LogP contribution in [0.5, 0.6) is 0 Å². The number of rotatable bonds is 11. The van der Waals surface area contributed by atoms with Gasteiger partial charge < -0.3 is 0 Å². The second-order valence-electron chi connectivity index (χ2n) is 18.3. The molecule has 0 saturated heterocycles. The number of fused-ring (bicyclic) bond motifs is 9. The van der Waals surface area contributed by atoms with Gasteiger partial charge in [-0.2, -0.15) is 0 Å². The molecule has 1 unspecified atom stereocenters. The Kier molecular flexibility index (Phi) is 11.5. The van der Waals surface area contributed by atoms with E-state index in [1.165, 1.54) is 111 Å². The number of hydrogen-bond donors (Lipinski definition) is 0. The molecule has 0 aliphatic heterocycles. The molecule has 66 heavy (non-hydrogen) atoms. The Morgan fingerprint density at radius 1 is 0.606 bits per heavy atom. The van der Waals surface area contributed by atoms with Crippen LogP contribution in [0.3, 0.4) is 0 Å². The van der Waals surface area contributed by atoms with Crippen molar-refractivity contribution < 1.29 is 0 Å². The zero-order chi connectivity index (χ0) is 45.4. The van der Waals surface area contributed by atoms with Crippen molar-refractivity contribution in [3.8, 4) is 22.3 Å². The van der Waals surface area contributed by atoms with Crippen molar-refractivity contribution in [2.45, 2.75) is 52.9 Å². The van der Waals surface area contributed by atoms with Gasteiger partial charge in [0.15, 0.2) is 0 Å². The molecule has 1 spiro atoms. The van der Waals surface area contributed by atoms with Gasteiger partial charge in [-0.25, -0.2) is 0 Å². The first-order valence-electron chi connectivity index (χ1n) is 23.5. The van der Waals surface area contributed by atoms with E-state index >= 15 is 0 Å². The highest BCUT2D eigenvalue weighted by molar-refractivity contribution is 5.98. The Hall–Kier alpha value is -7.50. The fraction of sp³-hybridized carbons (Fsp3) is 0.136. The van der Waals surface area contributed by atoms with Gasteiger partial charge in [-0.05, 0) is 153 Å². The summed E-state index contributed by atoms with van der Waals surface area (Å²) in [6.07, 6.45) is 19.5. The number of hydrogen-bond acceptors (Lipinski definition) is 0. The maximum absolute atomic E-state index is 4.05. The van der Waals surface area contributed by atoms with E-state index in [-0.39, 0.29) is 11.3 Å². The normalized spacial score (nSPS) is 16.5. The van der Waals surface area contributed by atoms with Crippen LogP contribution >= 0.6 is 0 Å². The highest BCUT2D eigenvalue weighted by atomic mass is 14.5. The molecular weight excluding hydrogens is 793 g/mol. The molecule has 4 aliphatic carbocycles. The maximum Gasteiger partial charge on any atom is 0.0688 e. The molecule has 320 valence electrons. The summed E-state index contributed by atoms with van der Waals surface area (Å²) in [5.41, 5.74) is 31.1. The molecule has 0 N–H and O–H groups in total. The molecule has 0 bridgehead atoms. The molecule has 10 rings (SSSR count). The molecule has 0 fully saturated rings. The summed E-state index contributed by atoms with van der Waals surface area (Å²) in [4.78, 5) is 0. The van der Waals surface area contributed by atoms with Crippen LogP contribution in [0, 0.1) is 5.92 Å². The minimum Gasteiger partial charge on any atom is -0.104 e. The van der Waals surface area contributed by atoms with Crippen LogP contribution < -0.4 is 0 Å². The summed E-state index contributed by atoms with van der Waals surface area (Å²) in [7, 11) is 0.